The van der Waals surface area contributed by atoms with Gasteiger partial charge in [-0.25, -0.2) is 0 Å². The zero-order valence-electron chi connectivity index (χ0n) is 11.3. The Morgan fingerprint density at radius 1 is 1.40 bits per heavy atom. The Morgan fingerprint density at radius 3 is 2.90 bits per heavy atom. The van der Waals surface area contributed by atoms with Crippen LogP contribution in [-0.2, 0) is 9.53 Å². The summed E-state index contributed by atoms with van der Waals surface area (Å²) in [7, 11) is 0. The van der Waals surface area contributed by atoms with Crippen LogP contribution in [0.1, 0.15) is 12.8 Å². The molecule has 1 heterocycles. The average molecular weight is 315 g/mol. The zero-order valence-corrected chi connectivity index (χ0v) is 12.9. The lowest BCUT2D eigenvalue weighted by Crippen LogP contribution is -2.40. The summed E-state index contributed by atoms with van der Waals surface area (Å²) in [4.78, 5) is 14.8. The normalized spacial score (nSPS) is 15.3. The summed E-state index contributed by atoms with van der Waals surface area (Å²) in [5.41, 5.74) is 6.44. The summed E-state index contributed by atoms with van der Waals surface area (Å²) in [5.74, 6) is 1.08. The van der Waals surface area contributed by atoms with Crippen molar-refractivity contribution in [1.82, 2.24) is 4.90 Å². The van der Waals surface area contributed by atoms with E-state index in [-0.39, 0.29) is 5.91 Å². The molecule has 1 fully saturated rings. The lowest BCUT2D eigenvalue weighted by Gasteiger charge is -2.26. The number of anilines is 1. The molecule has 1 aliphatic heterocycles. The quantitative estimate of drug-likeness (QED) is 0.516. The summed E-state index contributed by atoms with van der Waals surface area (Å²) in [6.07, 6.45) is 1.42. The number of thioether (sulfide) groups is 1. The van der Waals surface area contributed by atoms with Crippen LogP contribution in [0.5, 0.6) is 0 Å². The van der Waals surface area contributed by atoms with Crippen molar-refractivity contribution < 1.29 is 9.53 Å². The van der Waals surface area contributed by atoms with Crippen LogP contribution in [0.25, 0.3) is 0 Å². The van der Waals surface area contributed by atoms with Gasteiger partial charge in [0.25, 0.3) is 0 Å². The fourth-order valence-corrected chi connectivity index (χ4v) is 3.22. The average Bonchev–Trinajstić information content (AvgIpc) is 2.47. The Labute approximate surface area is 128 Å². The molecule has 0 bridgehead atoms. The highest BCUT2D eigenvalue weighted by atomic mass is 35.5. The number of nitrogens with zero attached hydrogens (tertiary/aromatic N) is 1. The Balaban J connectivity index is 1.70. The molecule has 20 heavy (non-hydrogen) atoms. The van der Waals surface area contributed by atoms with E-state index in [1.54, 1.807) is 23.9 Å². The largest absolute Gasteiger partial charge is 0.399 e. The summed E-state index contributed by atoms with van der Waals surface area (Å²) in [6, 6.07) is 5.46. The van der Waals surface area contributed by atoms with Crippen molar-refractivity contribution in [3.8, 4) is 0 Å². The molecule has 0 radical (unpaired) electrons. The van der Waals surface area contributed by atoms with E-state index >= 15 is 0 Å². The number of nitrogens with two attached hydrogens (primary N) is 1. The first-order valence-corrected chi connectivity index (χ1v) is 8.06. The minimum Gasteiger partial charge on any atom is -0.399 e. The number of amides is 1. The highest BCUT2D eigenvalue weighted by Crippen LogP contribution is 2.29. The SMILES string of the molecule is Nc1ccc(Cl)c(SCCCC(=O)N2CCOCC2)c1. The Hall–Kier alpha value is -0.910. The van der Waals surface area contributed by atoms with Gasteiger partial charge in [0, 0.05) is 30.1 Å². The van der Waals surface area contributed by atoms with Gasteiger partial charge in [0.1, 0.15) is 0 Å². The number of morpholine rings is 1. The minimum atomic E-state index is 0.215. The highest BCUT2D eigenvalue weighted by molar-refractivity contribution is 7.99. The van der Waals surface area contributed by atoms with Crippen LogP contribution in [0.3, 0.4) is 0 Å². The van der Waals surface area contributed by atoms with Crippen molar-refractivity contribution in [2.24, 2.45) is 0 Å². The van der Waals surface area contributed by atoms with E-state index in [2.05, 4.69) is 0 Å². The van der Waals surface area contributed by atoms with Crippen molar-refractivity contribution in [3.05, 3.63) is 23.2 Å². The molecule has 4 nitrogen and oxygen atoms in total. The van der Waals surface area contributed by atoms with Crippen LogP contribution in [0, 0.1) is 0 Å². The van der Waals surface area contributed by atoms with Gasteiger partial charge >= 0.3 is 0 Å². The van der Waals surface area contributed by atoms with Crippen LogP contribution >= 0.6 is 23.4 Å². The van der Waals surface area contributed by atoms with E-state index in [9.17, 15) is 4.79 Å². The number of ether oxygens (including phenoxy) is 1. The topological polar surface area (TPSA) is 55.6 Å². The van der Waals surface area contributed by atoms with E-state index < -0.39 is 0 Å². The van der Waals surface area contributed by atoms with Crippen molar-refractivity contribution >= 4 is 35.0 Å². The standard InChI is InChI=1S/C14H19ClN2O2S/c15-12-4-3-11(16)10-13(12)20-9-1-2-14(18)17-5-7-19-8-6-17/h3-4,10H,1-2,5-9,16H2. The number of carbonyl (C=O) groups is 1. The van der Waals surface area contributed by atoms with Gasteiger partial charge in [-0.05, 0) is 30.4 Å². The van der Waals surface area contributed by atoms with Gasteiger partial charge < -0.3 is 15.4 Å². The molecule has 1 amide bonds. The van der Waals surface area contributed by atoms with Crippen LogP contribution in [-0.4, -0.2) is 42.9 Å². The van der Waals surface area contributed by atoms with Gasteiger partial charge in [-0.2, -0.15) is 0 Å². The molecule has 1 aliphatic rings. The van der Waals surface area contributed by atoms with Gasteiger partial charge in [-0.15, -0.1) is 11.8 Å². The molecule has 0 aliphatic carbocycles. The molecule has 6 heteroatoms. The van der Waals surface area contributed by atoms with E-state index in [0.29, 0.717) is 43.4 Å². The van der Waals surface area contributed by atoms with Crippen molar-refractivity contribution in [3.63, 3.8) is 0 Å². The van der Waals surface area contributed by atoms with Gasteiger partial charge in [-0.3, -0.25) is 4.79 Å². The molecule has 2 rings (SSSR count). The van der Waals surface area contributed by atoms with Crippen LogP contribution in [0.2, 0.25) is 5.02 Å². The molecule has 0 atom stereocenters. The third-order valence-electron chi connectivity index (χ3n) is 3.11. The number of hydrogen-bond acceptors (Lipinski definition) is 4. The molecule has 0 saturated carbocycles. The molecule has 1 aromatic rings. The smallest absolute Gasteiger partial charge is 0.222 e. The molecule has 110 valence electrons. The Morgan fingerprint density at radius 2 is 2.15 bits per heavy atom. The highest BCUT2D eigenvalue weighted by Gasteiger charge is 2.16. The maximum absolute atomic E-state index is 11.9. The predicted octanol–water partition coefficient (Wildman–Crippen LogP) is 2.65. The lowest BCUT2D eigenvalue weighted by atomic mass is 10.3. The fourth-order valence-electron chi connectivity index (χ4n) is 2.01. The molecule has 0 spiro atoms. The number of benzene rings is 1. The number of hydrogen-bond donors (Lipinski definition) is 1. The van der Waals surface area contributed by atoms with Crippen molar-refractivity contribution in [2.75, 3.05) is 37.8 Å². The van der Waals surface area contributed by atoms with E-state index in [1.165, 1.54) is 0 Å². The first-order valence-electron chi connectivity index (χ1n) is 6.70. The molecule has 0 aromatic heterocycles. The van der Waals surface area contributed by atoms with Gasteiger partial charge in [0.15, 0.2) is 0 Å². The van der Waals surface area contributed by atoms with Gasteiger partial charge in [-0.1, -0.05) is 11.6 Å². The molecule has 0 unspecified atom stereocenters. The number of carbonyl (C=O) groups excluding carboxylic acids is 1. The zero-order chi connectivity index (χ0) is 14.4. The predicted molar refractivity (Wildman–Crippen MR) is 83.2 cm³/mol. The molecular weight excluding hydrogens is 296 g/mol. The summed E-state index contributed by atoms with van der Waals surface area (Å²) in [6.45, 7) is 2.73. The maximum atomic E-state index is 11.9. The van der Waals surface area contributed by atoms with E-state index in [1.807, 2.05) is 11.0 Å². The lowest BCUT2D eigenvalue weighted by molar-refractivity contribution is -0.135. The first kappa shape index (κ1) is 15.5. The Bertz CT molecular complexity index is 464. The second-order valence-corrected chi connectivity index (χ2v) is 6.18. The molecular formula is C14H19ClN2O2S. The molecule has 1 aromatic carbocycles. The summed E-state index contributed by atoms with van der Waals surface area (Å²) < 4.78 is 5.23. The van der Waals surface area contributed by atoms with Gasteiger partial charge in [0.2, 0.25) is 5.91 Å². The van der Waals surface area contributed by atoms with E-state index in [0.717, 1.165) is 17.1 Å². The third-order valence-corrected chi connectivity index (χ3v) is 4.69. The second-order valence-electron chi connectivity index (χ2n) is 4.64. The summed E-state index contributed by atoms with van der Waals surface area (Å²) >= 11 is 7.74. The first-order chi connectivity index (χ1) is 9.66. The van der Waals surface area contributed by atoms with E-state index in [4.69, 9.17) is 22.1 Å². The number of nitrogen functional groups attached to an aromatic ring is 1. The number of halogens is 1. The van der Waals surface area contributed by atoms with Crippen molar-refractivity contribution in [1.29, 1.82) is 0 Å². The maximum Gasteiger partial charge on any atom is 0.222 e. The second kappa shape index (κ2) is 7.76. The van der Waals surface area contributed by atoms with Gasteiger partial charge in [0.05, 0.1) is 18.2 Å². The van der Waals surface area contributed by atoms with Crippen LogP contribution in [0.15, 0.2) is 23.1 Å². The number of rotatable bonds is 5. The Kier molecular flexibility index (Phi) is 6.01. The minimum absolute atomic E-state index is 0.215. The third kappa shape index (κ3) is 4.58. The summed E-state index contributed by atoms with van der Waals surface area (Å²) in [5, 5.41) is 0.712. The molecule has 2 N–H and O–H groups in total. The van der Waals surface area contributed by atoms with Crippen LogP contribution < -0.4 is 5.73 Å². The van der Waals surface area contributed by atoms with Crippen LogP contribution in [0.4, 0.5) is 5.69 Å². The monoisotopic (exact) mass is 314 g/mol. The molecule has 1 saturated heterocycles. The van der Waals surface area contributed by atoms with Crippen molar-refractivity contribution in [2.45, 2.75) is 17.7 Å². The fraction of sp³-hybridized carbons (Fsp3) is 0.500.